The quantitative estimate of drug-likeness (QED) is 0.324. The maximum atomic E-state index is 12.4. The highest BCUT2D eigenvalue weighted by Crippen LogP contribution is 2.37. The van der Waals surface area contributed by atoms with Gasteiger partial charge >= 0.3 is 6.18 Å². The number of rotatable bonds is 7. The lowest BCUT2D eigenvalue weighted by atomic mass is 9.72. The van der Waals surface area contributed by atoms with Crippen LogP contribution in [0.3, 0.4) is 0 Å². The SMILES string of the molecule is C=C(C)c1nc(C)sc1-c1ccccc1.CC(COc1ccc(C(F)(F)F)cn1)CC1CC(C)C1. The van der Waals surface area contributed by atoms with Crippen LogP contribution in [0, 0.1) is 24.7 Å². The van der Waals surface area contributed by atoms with Crippen LogP contribution < -0.4 is 4.74 Å². The highest BCUT2D eigenvalue weighted by Gasteiger charge is 2.31. The molecule has 3 aromatic rings. The normalized spacial score (nSPS) is 18.1. The Balaban J connectivity index is 0.000000203. The lowest BCUT2D eigenvalue weighted by Crippen LogP contribution is -2.24. The van der Waals surface area contributed by atoms with E-state index in [4.69, 9.17) is 4.74 Å². The number of hydrogen-bond donors (Lipinski definition) is 0. The van der Waals surface area contributed by atoms with Crippen molar-refractivity contribution in [2.75, 3.05) is 6.61 Å². The van der Waals surface area contributed by atoms with Gasteiger partial charge in [0.2, 0.25) is 5.88 Å². The van der Waals surface area contributed by atoms with Crippen molar-refractivity contribution in [3.8, 4) is 16.3 Å². The zero-order valence-electron chi connectivity index (χ0n) is 20.7. The van der Waals surface area contributed by atoms with E-state index in [2.05, 4.69) is 42.5 Å². The van der Waals surface area contributed by atoms with Crippen molar-refractivity contribution in [2.45, 2.75) is 53.1 Å². The summed E-state index contributed by atoms with van der Waals surface area (Å²) in [6.45, 7) is 12.9. The van der Waals surface area contributed by atoms with Gasteiger partial charge in [-0.25, -0.2) is 9.97 Å². The van der Waals surface area contributed by atoms with Crippen molar-refractivity contribution >= 4 is 16.9 Å². The molecule has 4 rings (SSSR count). The molecule has 1 unspecified atom stereocenters. The number of halogens is 3. The Kier molecular flexibility index (Phi) is 9.11. The zero-order valence-corrected chi connectivity index (χ0v) is 21.5. The van der Waals surface area contributed by atoms with E-state index >= 15 is 0 Å². The van der Waals surface area contributed by atoms with Crippen LogP contribution in [0.2, 0.25) is 0 Å². The molecule has 1 aliphatic rings. The van der Waals surface area contributed by atoms with Gasteiger partial charge in [-0.1, -0.05) is 50.8 Å². The van der Waals surface area contributed by atoms with Crippen molar-refractivity contribution < 1.29 is 17.9 Å². The van der Waals surface area contributed by atoms with Gasteiger partial charge in [-0.3, -0.25) is 0 Å². The molecule has 35 heavy (non-hydrogen) atoms. The minimum Gasteiger partial charge on any atom is -0.477 e. The van der Waals surface area contributed by atoms with Crippen LogP contribution in [-0.2, 0) is 6.18 Å². The third-order valence-corrected chi connectivity index (χ3v) is 6.98. The Morgan fingerprint density at radius 2 is 1.86 bits per heavy atom. The fraction of sp³-hybridized carbons (Fsp3) is 0.429. The summed E-state index contributed by atoms with van der Waals surface area (Å²) in [5.41, 5.74) is 2.53. The number of nitrogens with zero attached hydrogens (tertiary/aromatic N) is 2. The molecule has 1 aromatic carbocycles. The smallest absolute Gasteiger partial charge is 0.417 e. The predicted octanol–water partition coefficient (Wildman–Crippen LogP) is 8.70. The minimum absolute atomic E-state index is 0.256. The molecule has 3 nitrogen and oxygen atoms in total. The molecule has 0 bridgehead atoms. The second kappa shape index (κ2) is 11.8. The maximum Gasteiger partial charge on any atom is 0.417 e. The maximum absolute atomic E-state index is 12.4. The van der Waals surface area contributed by atoms with Crippen LogP contribution in [-0.4, -0.2) is 16.6 Å². The summed E-state index contributed by atoms with van der Waals surface area (Å²) in [4.78, 5) is 9.43. The lowest BCUT2D eigenvalue weighted by Gasteiger charge is -2.34. The molecule has 0 aliphatic heterocycles. The van der Waals surface area contributed by atoms with Crippen molar-refractivity contribution in [2.24, 2.45) is 17.8 Å². The van der Waals surface area contributed by atoms with E-state index in [9.17, 15) is 13.2 Å². The standard InChI is InChI=1S/C15H20F3NO.C13H13NS/c1-10-5-12(6-10)7-11(2)9-20-14-4-3-13(8-19-14)15(16,17)18;1-9(2)12-13(15-10(3)14-12)11-7-5-4-6-8-11/h3-4,8,10-12H,5-7,9H2,1-2H3;4-8H,1H2,2-3H3. The van der Waals surface area contributed by atoms with Gasteiger partial charge in [0.05, 0.1) is 27.7 Å². The summed E-state index contributed by atoms with van der Waals surface area (Å²) < 4.78 is 42.6. The monoisotopic (exact) mass is 502 g/mol. The molecule has 0 spiro atoms. The summed E-state index contributed by atoms with van der Waals surface area (Å²) in [5, 5.41) is 1.09. The number of alkyl halides is 3. The van der Waals surface area contributed by atoms with Crippen LogP contribution in [0.1, 0.15) is 56.3 Å². The predicted molar refractivity (Wildman–Crippen MR) is 137 cm³/mol. The molecule has 0 amide bonds. The Hall–Kier alpha value is -2.67. The highest BCUT2D eigenvalue weighted by atomic mass is 32.1. The van der Waals surface area contributed by atoms with Gasteiger partial charge in [-0.15, -0.1) is 11.3 Å². The summed E-state index contributed by atoms with van der Waals surface area (Å²) >= 11 is 1.72. The van der Waals surface area contributed by atoms with E-state index in [0.29, 0.717) is 12.5 Å². The number of allylic oxidation sites excluding steroid dienone is 1. The first-order valence-corrected chi connectivity index (χ1v) is 12.7. The van der Waals surface area contributed by atoms with E-state index < -0.39 is 11.7 Å². The van der Waals surface area contributed by atoms with E-state index in [1.807, 2.05) is 32.0 Å². The molecule has 0 radical (unpaired) electrons. The zero-order chi connectivity index (χ0) is 25.6. The van der Waals surface area contributed by atoms with Gasteiger partial charge in [0.15, 0.2) is 0 Å². The average molecular weight is 503 g/mol. The Morgan fingerprint density at radius 1 is 1.17 bits per heavy atom. The van der Waals surface area contributed by atoms with Gasteiger partial charge in [0, 0.05) is 12.3 Å². The molecule has 7 heteroatoms. The summed E-state index contributed by atoms with van der Waals surface area (Å²) in [5.74, 6) is 2.28. The van der Waals surface area contributed by atoms with Crippen LogP contribution in [0.5, 0.6) is 5.88 Å². The number of benzene rings is 1. The molecule has 1 fully saturated rings. The molecule has 2 aromatic heterocycles. The van der Waals surface area contributed by atoms with E-state index in [1.54, 1.807) is 11.3 Å². The third-order valence-electron chi connectivity index (χ3n) is 5.96. The van der Waals surface area contributed by atoms with Crippen molar-refractivity contribution in [1.29, 1.82) is 0 Å². The molecule has 1 saturated carbocycles. The third kappa shape index (κ3) is 7.92. The van der Waals surface area contributed by atoms with Crippen molar-refractivity contribution in [3.05, 3.63) is 71.5 Å². The topological polar surface area (TPSA) is 35.0 Å². The summed E-state index contributed by atoms with van der Waals surface area (Å²) in [6.07, 6.45) is 0.143. The number of aromatic nitrogens is 2. The fourth-order valence-electron chi connectivity index (χ4n) is 4.26. The molecule has 1 atom stereocenters. The van der Waals surface area contributed by atoms with Crippen molar-refractivity contribution in [1.82, 2.24) is 9.97 Å². The van der Waals surface area contributed by atoms with Gasteiger partial charge in [-0.05, 0) is 68.1 Å². The van der Waals surface area contributed by atoms with Gasteiger partial charge in [0.25, 0.3) is 0 Å². The molecule has 0 N–H and O–H groups in total. The van der Waals surface area contributed by atoms with Crippen LogP contribution in [0.25, 0.3) is 16.0 Å². The second-order valence-corrected chi connectivity index (χ2v) is 10.7. The first kappa shape index (κ1) is 26.9. The second-order valence-electron chi connectivity index (χ2n) is 9.53. The first-order valence-electron chi connectivity index (χ1n) is 11.9. The van der Waals surface area contributed by atoms with E-state index in [0.717, 1.165) is 46.8 Å². The van der Waals surface area contributed by atoms with Gasteiger partial charge in [0.1, 0.15) is 0 Å². The molecular weight excluding hydrogens is 469 g/mol. The number of thiazole rings is 1. The summed E-state index contributed by atoms with van der Waals surface area (Å²) in [6, 6.07) is 12.6. The highest BCUT2D eigenvalue weighted by molar-refractivity contribution is 7.15. The lowest BCUT2D eigenvalue weighted by molar-refractivity contribution is -0.137. The van der Waals surface area contributed by atoms with Gasteiger partial charge < -0.3 is 4.74 Å². The van der Waals surface area contributed by atoms with Crippen LogP contribution >= 0.6 is 11.3 Å². The van der Waals surface area contributed by atoms with E-state index in [1.165, 1.54) is 29.3 Å². The molecular formula is C28H33F3N2OS. The van der Waals surface area contributed by atoms with E-state index in [-0.39, 0.29) is 5.88 Å². The van der Waals surface area contributed by atoms with Crippen molar-refractivity contribution in [3.63, 3.8) is 0 Å². The number of pyridine rings is 1. The number of hydrogen-bond acceptors (Lipinski definition) is 4. The largest absolute Gasteiger partial charge is 0.477 e. The molecule has 2 heterocycles. The summed E-state index contributed by atoms with van der Waals surface area (Å²) in [7, 11) is 0. The Labute approximate surface area is 210 Å². The Bertz CT molecular complexity index is 1090. The van der Waals surface area contributed by atoms with Crippen LogP contribution in [0.4, 0.5) is 13.2 Å². The average Bonchev–Trinajstić information content (AvgIpc) is 3.19. The minimum atomic E-state index is -4.35. The van der Waals surface area contributed by atoms with Gasteiger partial charge in [-0.2, -0.15) is 13.2 Å². The fourth-order valence-corrected chi connectivity index (χ4v) is 5.26. The Morgan fingerprint density at radius 3 is 2.40 bits per heavy atom. The number of ether oxygens (including phenoxy) is 1. The molecule has 0 saturated heterocycles. The molecule has 1 aliphatic carbocycles. The molecule has 188 valence electrons. The first-order chi connectivity index (χ1) is 16.5. The van der Waals surface area contributed by atoms with Crippen LogP contribution in [0.15, 0.2) is 55.2 Å². The number of aryl methyl sites for hydroxylation is 1.